The molecule has 1 aliphatic rings. The highest BCUT2D eigenvalue weighted by Gasteiger charge is 2.27. The number of hydrogen-bond acceptors (Lipinski definition) is 3. The molecule has 1 aromatic carbocycles. The summed E-state index contributed by atoms with van der Waals surface area (Å²) in [6.45, 7) is 0.761. The zero-order valence-corrected chi connectivity index (χ0v) is 13.0. The van der Waals surface area contributed by atoms with Gasteiger partial charge in [-0.1, -0.05) is 22.4 Å². The second-order valence-electron chi connectivity index (χ2n) is 4.52. The Kier molecular flexibility index (Phi) is 4.77. The van der Waals surface area contributed by atoms with Crippen molar-refractivity contribution in [3.8, 4) is 0 Å². The summed E-state index contributed by atoms with van der Waals surface area (Å²) in [7, 11) is -3.90. The molecular weight excluding hydrogens is 351 g/mol. The smallest absolute Gasteiger partial charge is 0.268 e. The Morgan fingerprint density at radius 1 is 1.25 bits per heavy atom. The second kappa shape index (κ2) is 6.19. The number of hydrogen-bond donors (Lipinski definition) is 1. The molecule has 110 valence electrons. The lowest BCUT2D eigenvalue weighted by atomic mass is 10.2. The van der Waals surface area contributed by atoms with Gasteiger partial charge in [0.1, 0.15) is 5.82 Å². The van der Waals surface area contributed by atoms with Gasteiger partial charge in [-0.3, -0.25) is 4.79 Å². The molecule has 20 heavy (non-hydrogen) atoms. The van der Waals surface area contributed by atoms with Crippen LogP contribution in [-0.2, 0) is 10.2 Å². The Morgan fingerprint density at radius 2 is 1.90 bits per heavy atom. The van der Waals surface area contributed by atoms with Crippen LogP contribution < -0.4 is 4.72 Å². The van der Waals surface area contributed by atoms with Gasteiger partial charge in [0.15, 0.2) is 0 Å². The molecule has 0 bridgehead atoms. The number of amides is 1. The van der Waals surface area contributed by atoms with Crippen LogP contribution in [-0.4, -0.2) is 31.7 Å². The predicted molar refractivity (Wildman–Crippen MR) is 75.9 cm³/mol. The van der Waals surface area contributed by atoms with Crippen LogP contribution in [0.1, 0.15) is 29.6 Å². The molecule has 1 heterocycles. The first-order valence-corrected chi connectivity index (χ1v) is 8.41. The molecule has 1 N–H and O–H groups in total. The number of carbonyl (C=O) groups is 1. The van der Waals surface area contributed by atoms with E-state index in [9.17, 15) is 17.6 Å². The zero-order chi connectivity index (χ0) is 14.8. The number of halogens is 2. The first kappa shape index (κ1) is 15.4. The van der Waals surface area contributed by atoms with Crippen molar-refractivity contribution in [2.45, 2.75) is 19.3 Å². The van der Waals surface area contributed by atoms with Crippen molar-refractivity contribution in [3.63, 3.8) is 0 Å². The molecule has 0 atom stereocenters. The van der Waals surface area contributed by atoms with Gasteiger partial charge in [-0.2, -0.15) is 12.7 Å². The van der Waals surface area contributed by atoms with Gasteiger partial charge < -0.3 is 0 Å². The van der Waals surface area contributed by atoms with E-state index >= 15 is 0 Å². The van der Waals surface area contributed by atoms with Gasteiger partial charge in [0.25, 0.3) is 5.91 Å². The largest absolute Gasteiger partial charge is 0.304 e. The van der Waals surface area contributed by atoms with E-state index in [4.69, 9.17) is 0 Å². The molecule has 0 unspecified atom stereocenters. The van der Waals surface area contributed by atoms with Crippen LogP contribution in [0.15, 0.2) is 22.7 Å². The molecule has 5 nitrogen and oxygen atoms in total. The van der Waals surface area contributed by atoms with Gasteiger partial charge in [-0.05, 0) is 31.0 Å². The number of carbonyl (C=O) groups excluding carboxylic acids is 1. The van der Waals surface area contributed by atoms with Crippen molar-refractivity contribution in [2.75, 3.05) is 13.1 Å². The minimum Gasteiger partial charge on any atom is -0.268 e. The van der Waals surface area contributed by atoms with E-state index in [1.54, 1.807) is 0 Å². The fraction of sp³-hybridized carbons (Fsp3) is 0.417. The van der Waals surface area contributed by atoms with Crippen molar-refractivity contribution in [2.24, 2.45) is 0 Å². The molecule has 0 aromatic heterocycles. The maximum Gasteiger partial charge on any atom is 0.304 e. The molecule has 1 aliphatic heterocycles. The average molecular weight is 365 g/mol. The predicted octanol–water partition coefficient (Wildman–Crippen LogP) is 2.05. The lowest BCUT2D eigenvalue weighted by molar-refractivity contribution is 0.0974. The van der Waals surface area contributed by atoms with Gasteiger partial charge >= 0.3 is 10.2 Å². The molecule has 0 radical (unpaired) electrons. The maximum absolute atomic E-state index is 13.6. The van der Waals surface area contributed by atoms with Crippen LogP contribution in [0.25, 0.3) is 0 Å². The third kappa shape index (κ3) is 3.56. The molecule has 0 saturated carbocycles. The van der Waals surface area contributed by atoms with Crippen LogP contribution in [0.2, 0.25) is 0 Å². The fourth-order valence-corrected chi connectivity index (χ4v) is 3.56. The summed E-state index contributed by atoms with van der Waals surface area (Å²) in [4.78, 5) is 11.9. The first-order valence-electron chi connectivity index (χ1n) is 6.17. The maximum atomic E-state index is 13.6. The van der Waals surface area contributed by atoms with Crippen LogP contribution in [0, 0.1) is 5.82 Å². The Bertz CT molecular complexity index is 615. The van der Waals surface area contributed by atoms with Crippen molar-refractivity contribution >= 4 is 32.0 Å². The number of nitrogens with one attached hydrogen (secondary N) is 1. The highest BCUT2D eigenvalue weighted by atomic mass is 79.9. The van der Waals surface area contributed by atoms with E-state index < -0.39 is 21.9 Å². The van der Waals surface area contributed by atoms with E-state index in [0.29, 0.717) is 17.6 Å². The standard InChI is InChI=1S/C12H14BrFN2O3S/c13-9-4-5-10(11(14)8-9)12(17)15-20(18,19)16-6-2-1-3-7-16/h4-5,8H,1-3,6-7H2,(H,15,17). The molecule has 1 fully saturated rings. The van der Waals surface area contributed by atoms with E-state index in [0.717, 1.165) is 25.3 Å². The van der Waals surface area contributed by atoms with Crippen LogP contribution in [0.4, 0.5) is 4.39 Å². The van der Waals surface area contributed by atoms with Crippen LogP contribution in [0.5, 0.6) is 0 Å². The average Bonchev–Trinajstić information content (AvgIpc) is 2.39. The van der Waals surface area contributed by atoms with E-state index in [1.165, 1.54) is 16.4 Å². The normalized spacial score (nSPS) is 16.9. The van der Waals surface area contributed by atoms with E-state index in [-0.39, 0.29) is 5.56 Å². The topological polar surface area (TPSA) is 66.5 Å². The monoisotopic (exact) mass is 364 g/mol. The molecule has 1 aromatic rings. The van der Waals surface area contributed by atoms with E-state index in [2.05, 4.69) is 15.9 Å². The van der Waals surface area contributed by atoms with Crippen molar-refractivity contribution in [1.29, 1.82) is 0 Å². The molecule has 8 heteroatoms. The number of nitrogens with zero attached hydrogens (tertiary/aromatic N) is 1. The zero-order valence-electron chi connectivity index (χ0n) is 10.6. The quantitative estimate of drug-likeness (QED) is 0.892. The second-order valence-corrected chi connectivity index (χ2v) is 7.11. The Morgan fingerprint density at radius 3 is 2.50 bits per heavy atom. The molecule has 2 rings (SSSR count). The van der Waals surface area contributed by atoms with Crippen molar-refractivity contribution < 1.29 is 17.6 Å². The van der Waals surface area contributed by atoms with Gasteiger partial charge in [-0.25, -0.2) is 9.11 Å². The third-order valence-electron chi connectivity index (χ3n) is 3.05. The van der Waals surface area contributed by atoms with Gasteiger partial charge in [0.2, 0.25) is 0 Å². The lowest BCUT2D eigenvalue weighted by Gasteiger charge is -2.25. The van der Waals surface area contributed by atoms with Gasteiger partial charge in [0, 0.05) is 17.6 Å². The first-order chi connectivity index (χ1) is 9.40. The Labute approximate surface area is 125 Å². The molecule has 1 amide bonds. The summed E-state index contributed by atoms with van der Waals surface area (Å²) >= 11 is 3.07. The number of piperidine rings is 1. The molecule has 1 saturated heterocycles. The molecular formula is C12H14BrFN2O3S. The summed E-state index contributed by atoms with van der Waals surface area (Å²) in [5.41, 5.74) is -0.297. The number of benzene rings is 1. The summed E-state index contributed by atoms with van der Waals surface area (Å²) in [5.74, 6) is -1.73. The van der Waals surface area contributed by atoms with E-state index in [1.807, 2.05) is 4.72 Å². The van der Waals surface area contributed by atoms with Gasteiger partial charge in [-0.15, -0.1) is 0 Å². The highest BCUT2D eigenvalue weighted by molar-refractivity contribution is 9.10. The Hall–Kier alpha value is -0.990. The van der Waals surface area contributed by atoms with Crippen LogP contribution >= 0.6 is 15.9 Å². The summed E-state index contributed by atoms with van der Waals surface area (Å²) in [5, 5.41) is 0. The summed E-state index contributed by atoms with van der Waals surface area (Å²) in [6, 6.07) is 3.83. The lowest BCUT2D eigenvalue weighted by Crippen LogP contribution is -2.45. The SMILES string of the molecule is O=C(NS(=O)(=O)N1CCCCC1)c1ccc(Br)cc1F. The van der Waals surface area contributed by atoms with Crippen LogP contribution in [0.3, 0.4) is 0 Å². The fourth-order valence-electron chi connectivity index (χ4n) is 2.02. The van der Waals surface area contributed by atoms with Crippen molar-refractivity contribution in [3.05, 3.63) is 34.1 Å². The Balaban J connectivity index is 2.14. The number of rotatable bonds is 3. The molecule has 0 spiro atoms. The van der Waals surface area contributed by atoms with Gasteiger partial charge in [0.05, 0.1) is 5.56 Å². The minimum atomic E-state index is -3.90. The summed E-state index contributed by atoms with van der Waals surface area (Å²) in [6.07, 6.45) is 2.50. The molecule has 0 aliphatic carbocycles. The highest BCUT2D eigenvalue weighted by Crippen LogP contribution is 2.16. The third-order valence-corrected chi connectivity index (χ3v) is 5.03. The minimum absolute atomic E-state index is 0.297. The van der Waals surface area contributed by atoms with Crippen molar-refractivity contribution in [1.82, 2.24) is 9.03 Å². The summed E-state index contributed by atoms with van der Waals surface area (Å²) < 4.78 is 41.2.